The molecule has 0 atom stereocenters. The number of nitro benzene ring substituents is 1. The average Bonchev–Trinajstić information content (AvgIpc) is 2.26. The van der Waals surface area contributed by atoms with Crippen molar-refractivity contribution in [2.45, 2.75) is 0 Å². The predicted octanol–water partition coefficient (Wildman–Crippen LogP) is 2.72. The minimum atomic E-state index is -0.519. The van der Waals surface area contributed by atoms with E-state index in [1.807, 2.05) is 6.07 Å². The van der Waals surface area contributed by atoms with Crippen molar-refractivity contribution in [1.82, 2.24) is 0 Å². The van der Waals surface area contributed by atoms with Crippen LogP contribution in [0.4, 0.5) is 5.69 Å². The van der Waals surface area contributed by atoms with E-state index in [-0.39, 0.29) is 17.1 Å². The molecule has 0 heterocycles. The first-order chi connectivity index (χ1) is 7.19. The van der Waals surface area contributed by atoms with Crippen LogP contribution in [0.5, 0.6) is 0 Å². The molecule has 0 unspecified atom stereocenters. The zero-order chi connectivity index (χ0) is 11.3. The van der Waals surface area contributed by atoms with Gasteiger partial charge in [-0.2, -0.15) is 5.26 Å². The van der Waals surface area contributed by atoms with Gasteiger partial charge in [0.2, 0.25) is 0 Å². The second kappa shape index (κ2) is 5.13. The highest BCUT2D eigenvalue weighted by atomic mass is 35.5. The molecule has 0 bridgehead atoms. The minimum absolute atomic E-state index is 0.0876. The van der Waals surface area contributed by atoms with E-state index in [4.69, 9.17) is 16.9 Å². The molecular weight excluding hydrogens is 216 g/mol. The van der Waals surface area contributed by atoms with E-state index in [1.54, 1.807) is 12.2 Å². The van der Waals surface area contributed by atoms with Gasteiger partial charge >= 0.3 is 0 Å². The van der Waals surface area contributed by atoms with Crippen LogP contribution in [-0.2, 0) is 0 Å². The summed E-state index contributed by atoms with van der Waals surface area (Å²) in [6.45, 7) is 0. The van der Waals surface area contributed by atoms with Crippen LogP contribution < -0.4 is 0 Å². The Balaban J connectivity index is 3.22. The molecule has 0 saturated carbocycles. The molecule has 15 heavy (non-hydrogen) atoms. The van der Waals surface area contributed by atoms with E-state index in [0.717, 1.165) is 0 Å². The first kappa shape index (κ1) is 11.2. The quantitative estimate of drug-likeness (QED) is 0.449. The van der Waals surface area contributed by atoms with Crippen LogP contribution >= 0.6 is 11.6 Å². The van der Waals surface area contributed by atoms with E-state index in [9.17, 15) is 10.1 Å². The molecule has 0 aromatic heterocycles. The van der Waals surface area contributed by atoms with Crippen molar-refractivity contribution in [2.24, 2.45) is 0 Å². The molecule has 0 radical (unpaired) electrons. The Labute approximate surface area is 91.6 Å². The third-order valence-electron chi connectivity index (χ3n) is 1.74. The molecule has 0 aliphatic rings. The first-order valence-electron chi connectivity index (χ1n) is 4.10. The number of alkyl halides is 1. The fourth-order valence-corrected chi connectivity index (χ4v) is 1.17. The van der Waals surface area contributed by atoms with Crippen LogP contribution in [0.1, 0.15) is 11.1 Å². The van der Waals surface area contributed by atoms with Gasteiger partial charge in [-0.1, -0.05) is 12.2 Å². The van der Waals surface area contributed by atoms with Crippen molar-refractivity contribution in [3.8, 4) is 6.07 Å². The number of rotatable bonds is 3. The summed E-state index contributed by atoms with van der Waals surface area (Å²) in [6.07, 6.45) is 3.17. The number of nitrogens with zero attached hydrogens (tertiary/aromatic N) is 2. The molecule has 0 amide bonds. The first-order valence-corrected chi connectivity index (χ1v) is 4.63. The molecule has 5 heteroatoms. The van der Waals surface area contributed by atoms with Gasteiger partial charge in [0, 0.05) is 11.9 Å². The van der Waals surface area contributed by atoms with Crippen molar-refractivity contribution < 1.29 is 4.92 Å². The SMILES string of the molecule is N#Cc1ccc(C=CCCl)c([N+](=O)[O-])c1. The van der Waals surface area contributed by atoms with E-state index >= 15 is 0 Å². The second-order valence-corrected chi connectivity index (χ2v) is 3.01. The molecule has 1 rings (SSSR count). The van der Waals surface area contributed by atoms with Gasteiger partial charge < -0.3 is 0 Å². The third-order valence-corrected chi connectivity index (χ3v) is 1.92. The number of nitriles is 1. The van der Waals surface area contributed by atoms with Gasteiger partial charge in [0.15, 0.2) is 0 Å². The van der Waals surface area contributed by atoms with Gasteiger partial charge in [-0.05, 0) is 12.1 Å². The molecule has 1 aromatic carbocycles. The van der Waals surface area contributed by atoms with Crippen molar-refractivity contribution in [3.05, 3.63) is 45.5 Å². The smallest absolute Gasteiger partial charge is 0.258 e. The maximum Gasteiger partial charge on any atom is 0.277 e. The molecule has 0 aliphatic carbocycles. The number of hydrogen-bond acceptors (Lipinski definition) is 3. The fourth-order valence-electron chi connectivity index (χ4n) is 1.08. The average molecular weight is 223 g/mol. The summed E-state index contributed by atoms with van der Waals surface area (Å²) in [5, 5.41) is 19.3. The standard InChI is InChI=1S/C10H7ClN2O2/c11-5-1-2-9-4-3-8(7-12)6-10(9)13(14)15/h1-4,6H,5H2. The molecule has 1 aromatic rings. The summed E-state index contributed by atoms with van der Waals surface area (Å²) in [4.78, 5) is 10.2. The van der Waals surface area contributed by atoms with Crippen molar-refractivity contribution in [1.29, 1.82) is 5.26 Å². The number of nitro groups is 1. The molecule has 0 fully saturated rings. The number of hydrogen-bond donors (Lipinski definition) is 0. The Bertz CT molecular complexity index is 449. The highest BCUT2D eigenvalue weighted by molar-refractivity contribution is 6.19. The lowest BCUT2D eigenvalue weighted by atomic mass is 10.1. The highest BCUT2D eigenvalue weighted by Crippen LogP contribution is 2.21. The molecule has 0 N–H and O–H groups in total. The van der Waals surface area contributed by atoms with Gasteiger partial charge in [0.25, 0.3) is 5.69 Å². The minimum Gasteiger partial charge on any atom is -0.258 e. The van der Waals surface area contributed by atoms with E-state index in [0.29, 0.717) is 5.56 Å². The Morgan fingerprint density at radius 3 is 2.87 bits per heavy atom. The number of halogens is 1. The Morgan fingerprint density at radius 2 is 2.33 bits per heavy atom. The Hall–Kier alpha value is -1.86. The lowest BCUT2D eigenvalue weighted by Gasteiger charge is -1.97. The number of allylic oxidation sites excluding steroid dienone is 1. The monoisotopic (exact) mass is 222 g/mol. The fraction of sp³-hybridized carbons (Fsp3) is 0.100. The zero-order valence-electron chi connectivity index (χ0n) is 7.68. The Morgan fingerprint density at radius 1 is 1.60 bits per heavy atom. The van der Waals surface area contributed by atoms with Gasteiger partial charge in [-0.3, -0.25) is 10.1 Å². The normalized spacial score (nSPS) is 10.1. The molecule has 0 saturated heterocycles. The summed E-state index contributed by atoms with van der Waals surface area (Å²) >= 11 is 5.43. The highest BCUT2D eigenvalue weighted by Gasteiger charge is 2.11. The van der Waals surface area contributed by atoms with E-state index in [1.165, 1.54) is 18.2 Å². The van der Waals surface area contributed by atoms with E-state index < -0.39 is 4.92 Å². The van der Waals surface area contributed by atoms with Crippen LogP contribution in [0, 0.1) is 21.4 Å². The van der Waals surface area contributed by atoms with Crippen LogP contribution in [0.2, 0.25) is 0 Å². The summed E-state index contributed by atoms with van der Waals surface area (Å²) in [5.74, 6) is 0.289. The van der Waals surface area contributed by atoms with Gasteiger partial charge in [-0.25, -0.2) is 0 Å². The Kier molecular flexibility index (Phi) is 3.83. The lowest BCUT2D eigenvalue weighted by molar-refractivity contribution is -0.385. The van der Waals surface area contributed by atoms with Crippen LogP contribution in [-0.4, -0.2) is 10.8 Å². The molecule has 0 spiro atoms. The third kappa shape index (κ3) is 2.79. The molecule has 76 valence electrons. The van der Waals surface area contributed by atoms with Gasteiger partial charge in [-0.15, -0.1) is 11.6 Å². The summed E-state index contributed by atoms with van der Waals surface area (Å²) in [6, 6.07) is 6.15. The number of benzene rings is 1. The van der Waals surface area contributed by atoms with Crippen LogP contribution in [0.3, 0.4) is 0 Å². The maximum atomic E-state index is 10.7. The molecular formula is C10H7ClN2O2. The summed E-state index contributed by atoms with van der Waals surface area (Å²) in [7, 11) is 0. The molecule has 4 nitrogen and oxygen atoms in total. The second-order valence-electron chi connectivity index (χ2n) is 2.70. The van der Waals surface area contributed by atoms with Crippen LogP contribution in [0.25, 0.3) is 6.08 Å². The predicted molar refractivity (Wildman–Crippen MR) is 57.6 cm³/mol. The van der Waals surface area contributed by atoms with Crippen molar-refractivity contribution in [2.75, 3.05) is 5.88 Å². The summed E-state index contributed by atoms with van der Waals surface area (Å²) < 4.78 is 0. The summed E-state index contributed by atoms with van der Waals surface area (Å²) in [5.41, 5.74) is 0.625. The zero-order valence-corrected chi connectivity index (χ0v) is 8.44. The van der Waals surface area contributed by atoms with Gasteiger partial charge in [0.05, 0.1) is 22.1 Å². The lowest BCUT2D eigenvalue weighted by Crippen LogP contribution is -1.92. The largest absolute Gasteiger partial charge is 0.277 e. The van der Waals surface area contributed by atoms with Gasteiger partial charge in [0.1, 0.15) is 0 Å². The van der Waals surface area contributed by atoms with Crippen molar-refractivity contribution >= 4 is 23.4 Å². The topological polar surface area (TPSA) is 66.9 Å². The molecule has 0 aliphatic heterocycles. The van der Waals surface area contributed by atoms with E-state index in [2.05, 4.69) is 0 Å². The van der Waals surface area contributed by atoms with Crippen LogP contribution in [0.15, 0.2) is 24.3 Å². The van der Waals surface area contributed by atoms with Crippen molar-refractivity contribution in [3.63, 3.8) is 0 Å². The maximum absolute atomic E-state index is 10.7.